The van der Waals surface area contributed by atoms with Crippen molar-refractivity contribution in [2.24, 2.45) is 7.05 Å². The number of halogens is 1. The molecule has 0 bridgehead atoms. The summed E-state index contributed by atoms with van der Waals surface area (Å²) in [5.74, 6) is 0. The first kappa shape index (κ1) is 10.5. The summed E-state index contributed by atoms with van der Waals surface area (Å²) in [4.78, 5) is 0. The minimum absolute atomic E-state index is 0. The summed E-state index contributed by atoms with van der Waals surface area (Å²) in [5, 5.41) is 8.98. The molecule has 0 aliphatic carbocycles. The van der Waals surface area contributed by atoms with Crippen molar-refractivity contribution in [3.63, 3.8) is 0 Å². The van der Waals surface area contributed by atoms with Crippen LogP contribution in [0, 0.1) is 0 Å². The molecule has 0 aliphatic heterocycles. The molecule has 1 aromatic rings. The van der Waals surface area contributed by atoms with Gasteiger partial charge in [0, 0.05) is 0 Å². The third-order valence-corrected chi connectivity index (χ3v) is 1.30. The van der Waals surface area contributed by atoms with Crippen LogP contribution < -0.4 is 17.0 Å². The molecule has 1 unspecified atom stereocenters. The summed E-state index contributed by atoms with van der Waals surface area (Å²) in [7, 11) is 1.96. The van der Waals surface area contributed by atoms with E-state index in [1.54, 1.807) is 6.92 Å². The number of hydrogen-bond acceptors (Lipinski definition) is 1. The largest absolute Gasteiger partial charge is 1.00 e. The lowest BCUT2D eigenvalue weighted by Crippen LogP contribution is -3.00. The number of imidazole rings is 1. The van der Waals surface area contributed by atoms with Gasteiger partial charge in [0.25, 0.3) is 0 Å². The maximum absolute atomic E-state index is 8.98. The highest BCUT2D eigenvalue weighted by Crippen LogP contribution is 1.87. The number of aliphatic hydroxyl groups excluding tert-OH is 1. The zero-order valence-corrected chi connectivity index (χ0v) is 7.49. The summed E-state index contributed by atoms with van der Waals surface area (Å²) in [6, 6.07) is 0. The first-order chi connectivity index (χ1) is 4.68. The molecule has 11 heavy (non-hydrogen) atoms. The van der Waals surface area contributed by atoms with Crippen LogP contribution in [-0.4, -0.2) is 15.8 Å². The van der Waals surface area contributed by atoms with E-state index in [1.165, 1.54) is 0 Å². The van der Waals surface area contributed by atoms with Crippen LogP contribution >= 0.6 is 0 Å². The smallest absolute Gasteiger partial charge is 0.243 e. The van der Waals surface area contributed by atoms with Crippen molar-refractivity contribution in [3.05, 3.63) is 18.7 Å². The van der Waals surface area contributed by atoms with Crippen LogP contribution in [0.5, 0.6) is 0 Å². The van der Waals surface area contributed by atoms with E-state index in [-0.39, 0.29) is 18.5 Å². The Kier molecular flexibility index (Phi) is 4.15. The Hall–Kier alpha value is -0.540. The average molecular weight is 177 g/mol. The van der Waals surface area contributed by atoms with Gasteiger partial charge in [-0.3, -0.25) is 0 Å². The highest BCUT2D eigenvalue weighted by Gasteiger charge is 2.02. The fourth-order valence-electron chi connectivity index (χ4n) is 0.915. The Morgan fingerprint density at radius 3 is 2.64 bits per heavy atom. The van der Waals surface area contributed by atoms with Gasteiger partial charge in [0.2, 0.25) is 6.33 Å². The van der Waals surface area contributed by atoms with E-state index in [0.717, 1.165) is 0 Å². The van der Waals surface area contributed by atoms with E-state index in [9.17, 15) is 0 Å². The Balaban J connectivity index is 0.000001000. The molecule has 0 aromatic carbocycles. The standard InChI is InChI=1S/C7H13N2O.ClH/c1-7(10)5-9-4-3-8(2)6-9;/h3-4,6-7,10H,5H2,1-2H3;1H/q+1;/p-1. The highest BCUT2D eigenvalue weighted by molar-refractivity contribution is 4.66. The van der Waals surface area contributed by atoms with Crippen LogP contribution in [0.15, 0.2) is 18.7 Å². The van der Waals surface area contributed by atoms with E-state index in [0.29, 0.717) is 6.54 Å². The van der Waals surface area contributed by atoms with Crippen LogP contribution in [0.3, 0.4) is 0 Å². The molecule has 1 N–H and O–H groups in total. The topological polar surface area (TPSA) is 29.0 Å². The lowest BCUT2D eigenvalue weighted by atomic mass is 10.4. The molecule has 0 saturated carbocycles. The normalized spacial score (nSPS) is 12.3. The number of rotatable bonds is 2. The Labute approximate surface area is 72.7 Å². The second-order valence-electron chi connectivity index (χ2n) is 2.62. The van der Waals surface area contributed by atoms with Crippen LogP contribution in [0.25, 0.3) is 0 Å². The molecule has 0 amide bonds. The average Bonchev–Trinajstić information content (AvgIpc) is 2.13. The molecule has 1 rings (SSSR count). The minimum atomic E-state index is -0.271. The Morgan fingerprint density at radius 1 is 1.64 bits per heavy atom. The van der Waals surface area contributed by atoms with E-state index in [1.807, 2.05) is 34.9 Å². The molecule has 1 atom stereocenters. The minimum Gasteiger partial charge on any atom is -1.00 e. The predicted octanol–water partition coefficient (Wildman–Crippen LogP) is -3.30. The lowest BCUT2D eigenvalue weighted by Gasteiger charge is -1.97. The van der Waals surface area contributed by atoms with Crippen LogP contribution in [0.4, 0.5) is 0 Å². The molecule has 1 heterocycles. The lowest BCUT2D eigenvalue weighted by molar-refractivity contribution is -0.671. The van der Waals surface area contributed by atoms with Crippen molar-refractivity contribution in [1.82, 2.24) is 4.57 Å². The summed E-state index contributed by atoms with van der Waals surface area (Å²) in [6.45, 7) is 2.45. The Bertz CT molecular complexity index is 210. The molecule has 0 spiro atoms. The molecular formula is C7H13ClN2O. The number of hydrogen-bond donors (Lipinski definition) is 1. The van der Waals surface area contributed by atoms with E-state index in [4.69, 9.17) is 5.11 Å². The van der Waals surface area contributed by atoms with Gasteiger partial charge in [0.15, 0.2) is 0 Å². The van der Waals surface area contributed by atoms with E-state index < -0.39 is 0 Å². The first-order valence-corrected chi connectivity index (χ1v) is 3.37. The zero-order chi connectivity index (χ0) is 7.56. The molecule has 0 radical (unpaired) electrons. The van der Waals surface area contributed by atoms with Gasteiger partial charge < -0.3 is 17.5 Å². The van der Waals surface area contributed by atoms with Gasteiger partial charge in [0.05, 0.1) is 13.2 Å². The SMILES string of the molecule is CC(O)Cn1cc[n+](C)c1.[Cl-]. The van der Waals surface area contributed by atoms with Crippen LogP contribution in [0.2, 0.25) is 0 Å². The fraction of sp³-hybridized carbons (Fsp3) is 0.571. The van der Waals surface area contributed by atoms with Crippen LogP contribution in [-0.2, 0) is 13.6 Å². The predicted molar refractivity (Wildman–Crippen MR) is 37.3 cm³/mol. The van der Waals surface area contributed by atoms with Crippen LogP contribution in [0.1, 0.15) is 6.92 Å². The monoisotopic (exact) mass is 176 g/mol. The van der Waals surface area contributed by atoms with Gasteiger partial charge in [0.1, 0.15) is 18.9 Å². The van der Waals surface area contributed by atoms with Gasteiger partial charge in [-0.1, -0.05) is 0 Å². The maximum atomic E-state index is 8.98. The van der Waals surface area contributed by atoms with Crippen molar-refractivity contribution in [3.8, 4) is 0 Å². The second kappa shape index (κ2) is 4.36. The van der Waals surface area contributed by atoms with Crippen molar-refractivity contribution >= 4 is 0 Å². The number of aryl methyl sites for hydroxylation is 1. The third kappa shape index (κ3) is 3.39. The Morgan fingerprint density at radius 2 is 2.27 bits per heavy atom. The summed E-state index contributed by atoms with van der Waals surface area (Å²) >= 11 is 0. The molecule has 0 fully saturated rings. The van der Waals surface area contributed by atoms with E-state index in [2.05, 4.69) is 0 Å². The molecule has 4 heteroatoms. The quantitative estimate of drug-likeness (QED) is 0.470. The molecule has 0 aliphatic rings. The number of aliphatic hydroxyl groups is 1. The van der Waals surface area contributed by atoms with Gasteiger partial charge in [-0.2, -0.15) is 0 Å². The van der Waals surface area contributed by atoms with Crippen molar-refractivity contribution < 1.29 is 22.1 Å². The second-order valence-corrected chi connectivity index (χ2v) is 2.62. The molecule has 1 aromatic heterocycles. The first-order valence-electron chi connectivity index (χ1n) is 3.37. The summed E-state index contributed by atoms with van der Waals surface area (Å²) in [6.07, 6.45) is 5.55. The van der Waals surface area contributed by atoms with Crippen molar-refractivity contribution in [2.75, 3.05) is 0 Å². The third-order valence-electron chi connectivity index (χ3n) is 1.30. The molecule has 64 valence electrons. The van der Waals surface area contributed by atoms with Gasteiger partial charge >= 0.3 is 0 Å². The summed E-state index contributed by atoms with van der Waals surface area (Å²) in [5.41, 5.74) is 0. The highest BCUT2D eigenvalue weighted by atomic mass is 35.5. The molecule has 0 saturated heterocycles. The van der Waals surface area contributed by atoms with Gasteiger partial charge in [-0.15, -0.1) is 0 Å². The number of nitrogens with zero attached hydrogens (tertiary/aromatic N) is 2. The zero-order valence-electron chi connectivity index (χ0n) is 6.74. The van der Waals surface area contributed by atoms with Gasteiger partial charge in [-0.25, -0.2) is 9.13 Å². The van der Waals surface area contributed by atoms with Crippen molar-refractivity contribution in [1.29, 1.82) is 0 Å². The summed E-state index contributed by atoms with van der Waals surface area (Å²) < 4.78 is 3.90. The van der Waals surface area contributed by atoms with E-state index >= 15 is 0 Å². The molecular weight excluding hydrogens is 164 g/mol. The fourth-order valence-corrected chi connectivity index (χ4v) is 0.915. The molecule has 3 nitrogen and oxygen atoms in total. The number of aromatic nitrogens is 2. The van der Waals surface area contributed by atoms with Gasteiger partial charge in [-0.05, 0) is 6.92 Å². The van der Waals surface area contributed by atoms with Crippen molar-refractivity contribution in [2.45, 2.75) is 19.6 Å². The maximum Gasteiger partial charge on any atom is 0.243 e.